The number of amides is 1. The van der Waals surface area contributed by atoms with Crippen molar-refractivity contribution in [1.29, 1.82) is 0 Å². The monoisotopic (exact) mass is 280 g/mol. The predicted molar refractivity (Wildman–Crippen MR) is 80.7 cm³/mol. The van der Waals surface area contributed by atoms with Gasteiger partial charge in [0.15, 0.2) is 0 Å². The quantitative estimate of drug-likeness (QED) is 0.868. The largest absolute Gasteiger partial charge is 0.370 e. The van der Waals surface area contributed by atoms with Gasteiger partial charge in [-0.15, -0.1) is 0 Å². The minimum Gasteiger partial charge on any atom is -0.370 e. The second-order valence-electron chi connectivity index (χ2n) is 5.45. The van der Waals surface area contributed by atoms with Gasteiger partial charge in [-0.2, -0.15) is 0 Å². The summed E-state index contributed by atoms with van der Waals surface area (Å²) in [5, 5.41) is 3.27. The standard InChI is InChI=1S/C16H16N4O/c21-16(20-8-5-11-3-1-7-18-15(11)20)13-9-12-4-2-6-17-14(12)19-10-13/h1,3,7,9-10H,2,4-6,8H2,(H,17,19). The van der Waals surface area contributed by atoms with Gasteiger partial charge in [0.2, 0.25) is 0 Å². The lowest BCUT2D eigenvalue weighted by Gasteiger charge is -2.19. The van der Waals surface area contributed by atoms with E-state index >= 15 is 0 Å². The lowest BCUT2D eigenvalue weighted by Crippen LogP contribution is -2.30. The van der Waals surface area contributed by atoms with E-state index < -0.39 is 0 Å². The molecule has 2 aromatic rings. The van der Waals surface area contributed by atoms with Gasteiger partial charge < -0.3 is 5.32 Å². The summed E-state index contributed by atoms with van der Waals surface area (Å²) in [6, 6.07) is 5.92. The van der Waals surface area contributed by atoms with Gasteiger partial charge in [0, 0.05) is 25.5 Å². The van der Waals surface area contributed by atoms with Crippen LogP contribution in [0, 0.1) is 0 Å². The van der Waals surface area contributed by atoms with Gasteiger partial charge in [-0.25, -0.2) is 9.97 Å². The van der Waals surface area contributed by atoms with E-state index in [4.69, 9.17) is 0 Å². The number of fused-ring (bicyclic) bond motifs is 2. The van der Waals surface area contributed by atoms with Crippen LogP contribution in [0.2, 0.25) is 0 Å². The Morgan fingerprint density at radius 2 is 2.19 bits per heavy atom. The first kappa shape index (κ1) is 12.3. The number of hydrogen-bond acceptors (Lipinski definition) is 4. The smallest absolute Gasteiger partial charge is 0.261 e. The maximum absolute atomic E-state index is 12.7. The average Bonchev–Trinajstić information content (AvgIpc) is 2.98. The summed E-state index contributed by atoms with van der Waals surface area (Å²) in [7, 11) is 0. The number of aryl methyl sites for hydroxylation is 1. The van der Waals surface area contributed by atoms with Crippen LogP contribution >= 0.6 is 0 Å². The van der Waals surface area contributed by atoms with E-state index in [-0.39, 0.29) is 5.91 Å². The highest BCUT2D eigenvalue weighted by molar-refractivity contribution is 6.06. The molecule has 0 fully saturated rings. The summed E-state index contributed by atoms with van der Waals surface area (Å²) in [5.74, 6) is 1.70. The Balaban J connectivity index is 1.67. The van der Waals surface area contributed by atoms with E-state index in [0.29, 0.717) is 12.1 Å². The fourth-order valence-electron chi connectivity index (χ4n) is 3.02. The third-order valence-electron chi connectivity index (χ3n) is 4.10. The number of anilines is 2. The molecule has 0 bridgehead atoms. The van der Waals surface area contributed by atoms with Gasteiger partial charge >= 0.3 is 0 Å². The molecule has 0 atom stereocenters. The molecular formula is C16H16N4O. The maximum Gasteiger partial charge on any atom is 0.261 e. The van der Waals surface area contributed by atoms with Crippen LogP contribution < -0.4 is 10.2 Å². The molecule has 0 spiro atoms. The lowest BCUT2D eigenvalue weighted by molar-refractivity contribution is 0.0988. The molecule has 5 heteroatoms. The summed E-state index contributed by atoms with van der Waals surface area (Å²) in [6.07, 6.45) is 6.33. The van der Waals surface area contributed by atoms with Gasteiger partial charge in [0.05, 0.1) is 5.56 Å². The Kier molecular flexibility index (Phi) is 2.84. The number of carbonyl (C=O) groups excluding carboxylic acids is 1. The zero-order valence-electron chi connectivity index (χ0n) is 11.7. The van der Waals surface area contributed by atoms with E-state index in [1.165, 1.54) is 0 Å². The number of aromatic nitrogens is 2. The second-order valence-corrected chi connectivity index (χ2v) is 5.45. The summed E-state index contributed by atoms with van der Waals surface area (Å²) in [6.45, 7) is 1.65. The molecule has 0 radical (unpaired) electrons. The third-order valence-corrected chi connectivity index (χ3v) is 4.10. The number of pyridine rings is 2. The Labute approximate surface area is 123 Å². The number of nitrogens with one attached hydrogen (secondary N) is 1. The van der Waals surface area contributed by atoms with E-state index in [9.17, 15) is 4.79 Å². The SMILES string of the molecule is O=C(c1cnc2c(c1)CCCN2)N1CCc2cccnc21. The van der Waals surface area contributed by atoms with Crippen molar-refractivity contribution in [3.63, 3.8) is 0 Å². The highest BCUT2D eigenvalue weighted by atomic mass is 16.2. The van der Waals surface area contributed by atoms with Crippen molar-refractivity contribution in [2.75, 3.05) is 23.3 Å². The van der Waals surface area contributed by atoms with Crippen molar-refractivity contribution < 1.29 is 4.79 Å². The third kappa shape index (κ3) is 2.05. The molecule has 0 aliphatic carbocycles. The molecule has 1 N–H and O–H groups in total. The first-order chi connectivity index (χ1) is 10.3. The van der Waals surface area contributed by atoms with Crippen LogP contribution in [0.3, 0.4) is 0 Å². The van der Waals surface area contributed by atoms with Crippen LogP contribution in [-0.2, 0) is 12.8 Å². The van der Waals surface area contributed by atoms with Crippen LogP contribution in [-0.4, -0.2) is 29.0 Å². The normalized spacial score (nSPS) is 16.1. The molecule has 4 rings (SSSR count). The maximum atomic E-state index is 12.7. The fraction of sp³-hybridized carbons (Fsp3) is 0.312. The molecule has 21 heavy (non-hydrogen) atoms. The van der Waals surface area contributed by atoms with Crippen molar-refractivity contribution in [2.45, 2.75) is 19.3 Å². The average molecular weight is 280 g/mol. The summed E-state index contributed by atoms with van der Waals surface area (Å²) < 4.78 is 0. The molecule has 2 aromatic heterocycles. The van der Waals surface area contributed by atoms with Crippen molar-refractivity contribution in [2.24, 2.45) is 0 Å². The first-order valence-corrected chi connectivity index (χ1v) is 7.31. The number of hydrogen-bond donors (Lipinski definition) is 1. The van der Waals surface area contributed by atoms with Crippen LogP contribution in [0.5, 0.6) is 0 Å². The molecular weight excluding hydrogens is 264 g/mol. The van der Waals surface area contributed by atoms with Crippen molar-refractivity contribution in [3.05, 3.63) is 47.3 Å². The first-order valence-electron chi connectivity index (χ1n) is 7.31. The highest BCUT2D eigenvalue weighted by Crippen LogP contribution is 2.27. The van der Waals surface area contributed by atoms with E-state index in [2.05, 4.69) is 15.3 Å². The minimum atomic E-state index is -0.00618. The summed E-state index contributed by atoms with van der Waals surface area (Å²) in [4.78, 5) is 23.2. The van der Waals surface area contributed by atoms with Crippen molar-refractivity contribution in [3.8, 4) is 0 Å². The van der Waals surface area contributed by atoms with Gasteiger partial charge in [0.1, 0.15) is 11.6 Å². The second kappa shape index (κ2) is 4.84. The predicted octanol–water partition coefficient (Wildman–Crippen LogP) is 2.04. The number of rotatable bonds is 1. The topological polar surface area (TPSA) is 58.1 Å². The summed E-state index contributed by atoms with van der Waals surface area (Å²) in [5.41, 5.74) is 2.92. The Morgan fingerprint density at radius 1 is 1.24 bits per heavy atom. The summed E-state index contributed by atoms with van der Waals surface area (Å²) >= 11 is 0. The Bertz CT molecular complexity index is 713. The van der Waals surface area contributed by atoms with Crippen molar-refractivity contribution >= 4 is 17.5 Å². The molecule has 2 aliphatic rings. The molecule has 2 aliphatic heterocycles. The van der Waals surface area contributed by atoms with Gasteiger partial charge in [-0.3, -0.25) is 9.69 Å². The zero-order chi connectivity index (χ0) is 14.2. The molecule has 4 heterocycles. The molecule has 0 aromatic carbocycles. The van der Waals surface area contributed by atoms with E-state index in [1.54, 1.807) is 17.3 Å². The number of nitrogens with zero attached hydrogens (tertiary/aromatic N) is 3. The van der Waals surface area contributed by atoms with Crippen LogP contribution in [0.4, 0.5) is 11.6 Å². The molecule has 0 saturated carbocycles. The van der Waals surface area contributed by atoms with Gasteiger partial charge in [-0.1, -0.05) is 6.07 Å². The molecule has 5 nitrogen and oxygen atoms in total. The minimum absolute atomic E-state index is 0.00618. The zero-order valence-corrected chi connectivity index (χ0v) is 11.7. The molecule has 0 saturated heterocycles. The molecule has 1 amide bonds. The molecule has 0 unspecified atom stereocenters. The lowest BCUT2D eigenvalue weighted by atomic mass is 10.0. The Hall–Kier alpha value is -2.43. The van der Waals surface area contributed by atoms with Crippen LogP contribution in [0.15, 0.2) is 30.6 Å². The molecule has 106 valence electrons. The fourth-order valence-corrected chi connectivity index (χ4v) is 3.02. The van der Waals surface area contributed by atoms with Crippen LogP contribution in [0.1, 0.15) is 27.9 Å². The van der Waals surface area contributed by atoms with Crippen molar-refractivity contribution in [1.82, 2.24) is 9.97 Å². The Morgan fingerprint density at radius 3 is 3.14 bits per heavy atom. The van der Waals surface area contributed by atoms with Crippen LogP contribution in [0.25, 0.3) is 0 Å². The highest BCUT2D eigenvalue weighted by Gasteiger charge is 2.27. The number of carbonyl (C=O) groups is 1. The van der Waals surface area contributed by atoms with E-state index in [1.807, 2.05) is 18.2 Å². The van der Waals surface area contributed by atoms with E-state index in [0.717, 1.165) is 48.6 Å². The van der Waals surface area contributed by atoms with Gasteiger partial charge in [0.25, 0.3) is 5.91 Å². The van der Waals surface area contributed by atoms with Gasteiger partial charge in [-0.05, 0) is 42.5 Å².